The first kappa shape index (κ1) is 23.8. The fourth-order valence-electron chi connectivity index (χ4n) is 3.41. The number of methoxy groups -OCH3 is 1. The topological polar surface area (TPSA) is 93.9 Å². The molecule has 33 heavy (non-hydrogen) atoms. The maximum atomic E-state index is 13.0. The molecule has 3 aromatic rings. The molecule has 0 aliphatic carbocycles. The van der Waals surface area contributed by atoms with Crippen LogP contribution in [0.3, 0.4) is 0 Å². The van der Waals surface area contributed by atoms with Crippen molar-refractivity contribution in [2.24, 2.45) is 5.73 Å². The number of carbonyl (C=O) groups is 2. The molecule has 0 atom stereocenters. The summed E-state index contributed by atoms with van der Waals surface area (Å²) in [6.07, 6.45) is 0.691. The Morgan fingerprint density at radius 1 is 1.00 bits per heavy atom. The van der Waals surface area contributed by atoms with Gasteiger partial charge in [0.2, 0.25) is 0 Å². The average molecular weight is 448 g/mol. The van der Waals surface area contributed by atoms with Crippen molar-refractivity contribution in [1.29, 1.82) is 0 Å². The van der Waals surface area contributed by atoms with Gasteiger partial charge in [-0.1, -0.05) is 30.3 Å². The second kappa shape index (κ2) is 11.2. The van der Waals surface area contributed by atoms with Gasteiger partial charge < -0.3 is 25.4 Å². The van der Waals surface area contributed by atoms with Gasteiger partial charge in [-0.25, -0.2) is 0 Å². The van der Waals surface area contributed by atoms with Crippen LogP contribution in [0.2, 0.25) is 0 Å². The molecular formula is C26H29N3O4. The third-order valence-electron chi connectivity index (χ3n) is 5.22. The maximum absolute atomic E-state index is 13.0. The van der Waals surface area contributed by atoms with Gasteiger partial charge in [-0.05, 0) is 61.9 Å². The van der Waals surface area contributed by atoms with E-state index >= 15 is 0 Å². The van der Waals surface area contributed by atoms with Gasteiger partial charge in [0.25, 0.3) is 11.8 Å². The lowest BCUT2D eigenvalue weighted by molar-refractivity contribution is 0.0991. The fourth-order valence-corrected chi connectivity index (χ4v) is 3.41. The van der Waals surface area contributed by atoms with E-state index in [2.05, 4.69) is 5.32 Å². The molecule has 0 spiro atoms. The number of benzene rings is 3. The molecule has 0 aromatic heterocycles. The fraction of sp³-hybridized carbons (Fsp3) is 0.231. The van der Waals surface area contributed by atoms with Gasteiger partial charge >= 0.3 is 0 Å². The van der Waals surface area contributed by atoms with E-state index in [9.17, 15) is 9.59 Å². The van der Waals surface area contributed by atoms with Crippen LogP contribution in [0.1, 0.15) is 32.7 Å². The summed E-state index contributed by atoms with van der Waals surface area (Å²) < 4.78 is 11.2. The minimum absolute atomic E-state index is 0.181. The molecule has 3 aromatic carbocycles. The second-order valence-corrected chi connectivity index (χ2v) is 7.51. The molecule has 0 aliphatic heterocycles. The summed E-state index contributed by atoms with van der Waals surface area (Å²) in [6, 6.07) is 19.6. The summed E-state index contributed by atoms with van der Waals surface area (Å²) in [5.74, 6) is 0.342. The van der Waals surface area contributed by atoms with E-state index in [-0.39, 0.29) is 11.8 Å². The SMILES string of the molecule is COc1cc(C(=O)N(C)c2ccccc2C)ccc1NC(=O)c1ccccc1OCCCN. The summed E-state index contributed by atoms with van der Waals surface area (Å²) >= 11 is 0. The third-order valence-corrected chi connectivity index (χ3v) is 5.22. The number of aryl methyl sites for hydroxylation is 1. The number of amides is 2. The molecular weight excluding hydrogens is 418 g/mol. The number of rotatable bonds is 9. The molecule has 3 N–H and O–H groups in total. The van der Waals surface area contributed by atoms with Crippen LogP contribution in [0, 0.1) is 6.92 Å². The van der Waals surface area contributed by atoms with Crippen molar-refractivity contribution in [3.8, 4) is 11.5 Å². The highest BCUT2D eigenvalue weighted by Crippen LogP contribution is 2.29. The van der Waals surface area contributed by atoms with Gasteiger partial charge in [-0.15, -0.1) is 0 Å². The molecule has 2 amide bonds. The quantitative estimate of drug-likeness (QED) is 0.478. The van der Waals surface area contributed by atoms with Crippen molar-refractivity contribution in [2.75, 3.05) is 37.5 Å². The Morgan fingerprint density at radius 2 is 1.73 bits per heavy atom. The summed E-state index contributed by atoms with van der Waals surface area (Å²) in [6.45, 7) is 2.89. The smallest absolute Gasteiger partial charge is 0.259 e. The number of hydrogen-bond donors (Lipinski definition) is 2. The largest absolute Gasteiger partial charge is 0.495 e. The second-order valence-electron chi connectivity index (χ2n) is 7.51. The predicted molar refractivity (Wildman–Crippen MR) is 130 cm³/mol. The van der Waals surface area contributed by atoms with Crippen molar-refractivity contribution >= 4 is 23.2 Å². The van der Waals surface area contributed by atoms with Gasteiger partial charge in [0.05, 0.1) is 25.0 Å². The van der Waals surface area contributed by atoms with Crippen molar-refractivity contribution in [3.63, 3.8) is 0 Å². The van der Waals surface area contributed by atoms with E-state index in [1.54, 1.807) is 54.4 Å². The minimum Gasteiger partial charge on any atom is -0.495 e. The van der Waals surface area contributed by atoms with Crippen LogP contribution in [0.25, 0.3) is 0 Å². The highest BCUT2D eigenvalue weighted by atomic mass is 16.5. The predicted octanol–water partition coefficient (Wildman–Crippen LogP) is 4.26. The number of anilines is 2. The Labute approximate surface area is 194 Å². The molecule has 7 nitrogen and oxygen atoms in total. The lowest BCUT2D eigenvalue weighted by atomic mass is 10.1. The first-order valence-electron chi connectivity index (χ1n) is 10.7. The van der Waals surface area contributed by atoms with Crippen LogP contribution in [0.5, 0.6) is 11.5 Å². The van der Waals surface area contributed by atoms with Gasteiger partial charge in [0, 0.05) is 18.3 Å². The number of para-hydroxylation sites is 2. The van der Waals surface area contributed by atoms with Gasteiger partial charge in [-0.3, -0.25) is 9.59 Å². The first-order valence-corrected chi connectivity index (χ1v) is 10.7. The third kappa shape index (κ3) is 5.70. The Balaban J connectivity index is 1.80. The molecule has 0 fully saturated rings. The van der Waals surface area contributed by atoms with Crippen LogP contribution in [0.15, 0.2) is 66.7 Å². The number of nitrogens with one attached hydrogen (secondary N) is 1. The van der Waals surface area contributed by atoms with Crippen LogP contribution < -0.4 is 25.4 Å². The molecule has 0 heterocycles. The van der Waals surface area contributed by atoms with Crippen LogP contribution >= 0.6 is 0 Å². The van der Waals surface area contributed by atoms with E-state index in [0.29, 0.717) is 47.9 Å². The van der Waals surface area contributed by atoms with Crippen LogP contribution in [-0.2, 0) is 0 Å². The zero-order valence-corrected chi connectivity index (χ0v) is 19.1. The Hall–Kier alpha value is -3.84. The molecule has 0 unspecified atom stereocenters. The van der Waals surface area contributed by atoms with Crippen LogP contribution in [0.4, 0.5) is 11.4 Å². The van der Waals surface area contributed by atoms with Gasteiger partial charge in [0.15, 0.2) is 0 Å². The average Bonchev–Trinajstić information content (AvgIpc) is 2.84. The Morgan fingerprint density at radius 3 is 2.45 bits per heavy atom. The first-order chi connectivity index (χ1) is 16.0. The summed E-state index contributed by atoms with van der Waals surface area (Å²) in [5.41, 5.74) is 8.64. The van der Waals surface area contributed by atoms with Crippen molar-refractivity contribution < 1.29 is 19.1 Å². The van der Waals surface area contributed by atoms with E-state index < -0.39 is 0 Å². The Bertz CT molecular complexity index is 1130. The maximum Gasteiger partial charge on any atom is 0.259 e. The zero-order valence-electron chi connectivity index (χ0n) is 19.1. The Kier molecular flexibility index (Phi) is 8.05. The number of carbonyl (C=O) groups excluding carboxylic acids is 2. The van der Waals surface area contributed by atoms with E-state index in [1.807, 2.05) is 31.2 Å². The summed E-state index contributed by atoms with van der Waals surface area (Å²) in [7, 11) is 3.22. The monoisotopic (exact) mass is 447 g/mol. The zero-order chi connectivity index (χ0) is 23.8. The van der Waals surface area contributed by atoms with E-state index in [4.69, 9.17) is 15.2 Å². The minimum atomic E-state index is -0.340. The molecule has 0 radical (unpaired) electrons. The summed E-state index contributed by atoms with van der Waals surface area (Å²) in [4.78, 5) is 27.6. The molecule has 0 bridgehead atoms. The number of nitrogens with two attached hydrogens (primary N) is 1. The number of nitrogens with zero attached hydrogens (tertiary/aromatic N) is 1. The van der Waals surface area contributed by atoms with E-state index in [1.165, 1.54) is 7.11 Å². The molecule has 172 valence electrons. The standard InChI is InChI=1S/C26H29N3O4/c1-18-9-4-6-11-22(18)29(2)26(31)19-13-14-21(24(17-19)32-3)28-25(30)20-10-5-7-12-23(20)33-16-8-15-27/h4-7,9-14,17H,8,15-16,27H2,1-3H3,(H,28,30). The molecule has 0 saturated carbocycles. The van der Waals surface area contributed by atoms with Gasteiger partial charge in [0.1, 0.15) is 11.5 Å². The van der Waals surface area contributed by atoms with Crippen molar-refractivity contribution in [3.05, 3.63) is 83.4 Å². The van der Waals surface area contributed by atoms with Crippen LogP contribution in [-0.4, -0.2) is 39.1 Å². The highest BCUT2D eigenvalue weighted by Gasteiger charge is 2.19. The lowest BCUT2D eigenvalue weighted by Crippen LogP contribution is -2.27. The normalized spacial score (nSPS) is 10.4. The van der Waals surface area contributed by atoms with Crippen molar-refractivity contribution in [2.45, 2.75) is 13.3 Å². The summed E-state index contributed by atoms with van der Waals surface area (Å²) in [5, 5.41) is 2.85. The molecule has 3 rings (SSSR count). The number of ether oxygens (including phenoxy) is 2. The highest BCUT2D eigenvalue weighted by molar-refractivity contribution is 6.09. The van der Waals surface area contributed by atoms with Gasteiger partial charge in [-0.2, -0.15) is 0 Å². The lowest BCUT2D eigenvalue weighted by Gasteiger charge is -2.20. The van der Waals surface area contributed by atoms with E-state index in [0.717, 1.165) is 11.3 Å². The number of hydrogen-bond acceptors (Lipinski definition) is 5. The molecule has 0 saturated heterocycles. The molecule has 0 aliphatic rings. The molecule has 7 heteroatoms. The van der Waals surface area contributed by atoms with Crippen molar-refractivity contribution in [1.82, 2.24) is 0 Å².